The van der Waals surface area contributed by atoms with Gasteiger partial charge in [0.15, 0.2) is 0 Å². The van der Waals surface area contributed by atoms with Crippen LogP contribution >= 0.6 is 0 Å². The molecule has 1 aromatic rings. The van der Waals surface area contributed by atoms with E-state index in [2.05, 4.69) is 48.3 Å². The highest BCUT2D eigenvalue weighted by Crippen LogP contribution is 2.27. The number of hydrogen-bond acceptors (Lipinski definition) is 3. The van der Waals surface area contributed by atoms with Crippen LogP contribution in [0.15, 0.2) is 24.3 Å². The molecule has 2 rings (SSSR count). The molecule has 2 atom stereocenters. The molecule has 1 aliphatic rings. The maximum atomic E-state index is 5.90. The van der Waals surface area contributed by atoms with Crippen LogP contribution in [0.2, 0.25) is 0 Å². The molecule has 3 heteroatoms. The molecule has 2 unspecified atom stereocenters. The van der Waals surface area contributed by atoms with Gasteiger partial charge in [-0.3, -0.25) is 0 Å². The summed E-state index contributed by atoms with van der Waals surface area (Å²) in [5.41, 5.74) is 8.43. The fraction of sp³-hybridized carbons (Fsp3) is 0.647. The molecule has 1 aromatic carbocycles. The minimum Gasteiger partial charge on any atom is -0.382 e. The summed E-state index contributed by atoms with van der Waals surface area (Å²) in [6.45, 7) is 7.31. The molecule has 20 heavy (non-hydrogen) atoms. The van der Waals surface area contributed by atoms with Crippen molar-refractivity contribution in [2.75, 3.05) is 29.9 Å². The Morgan fingerprint density at radius 1 is 1.10 bits per heavy atom. The molecule has 0 aromatic heterocycles. The molecular weight excluding hydrogens is 246 g/mol. The smallest absolute Gasteiger partial charge is 0.0367 e. The van der Waals surface area contributed by atoms with Gasteiger partial charge in [0, 0.05) is 30.5 Å². The molecule has 1 saturated carbocycles. The fourth-order valence-electron chi connectivity index (χ4n) is 3.25. The largest absolute Gasteiger partial charge is 0.382 e. The fourth-order valence-corrected chi connectivity index (χ4v) is 3.25. The van der Waals surface area contributed by atoms with E-state index in [1.807, 2.05) is 0 Å². The standard InChI is InChI=1S/C17H29N3/c1-3-20(4-2)16-11-9-15(10-12-16)19-17-8-6-5-7-14(17)13-18/h9-12,14,17,19H,3-8,13,18H2,1-2H3. The minimum atomic E-state index is 0.549. The Labute approximate surface area is 123 Å². The van der Waals surface area contributed by atoms with E-state index in [0.29, 0.717) is 12.0 Å². The van der Waals surface area contributed by atoms with Crippen molar-refractivity contribution in [1.29, 1.82) is 0 Å². The van der Waals surface area contributed by atoms with Gasteiger partial charge >= 0.3 is 0 Å². The second kappa shape index (κ2) is 7.53. The van der Waals surface area contributed by atoms with Crippen LogP contribution in [0.4, 0.5) is 11.4 Å². The molecule has 0 bridgehead atoms. The monoisotopic (exact) mass is 275 g/mol. The minimum absolute atomic E-state index is 0.549. The summed E-state index contributed by atoms with van der Waals surface area (Å²) < 4.78 is 0. The van der Waals surface area contributed by atoms with Crippen molar-refractivity contribution in [2.24, 2.45) is 11.7 Å². The third kappa shape index (κ3) is 3.66. The van der Waals surface area contributed by atoms with E-state index in [9.17, 15) is 0 Å². The number of rotatable bonds is 6. The number of benzene rings is 1. The summed E-state index contributed by atoms with van der Waals surface area (Å²) in [4.78, 5) is 2.37. The van der Waals surface area contributed by atoms with E-state index in [4.69, 9.17) is 5.73 Å². The van der Waals surface area contributed by atoms with Gasteiger partial charge < -0.3 is 16.0 Å². The Morgan fingerprint density at radius 2 is 1.75 bits per heavy atom. The lowest BCUT2D eigenvalue weighted by molar-refractivity contribution is 0.332. The van der Waals surface area contributed by atoms with Gasteiger partial charge in [0.05, 0.1) is 0 Å². The first kappa shape index (κ1) is 15.2. The molecule has 0 heterocycles. The van der Waals surface area contributed by atoms with E-state index in [0.717, 1.165) is 19.6 Å². The Hall–Kier alpha value is -1.22. The maximum Gasteiger partial charge on any atom is 0.0367 e. The summed E-state index contributed by atoms with van der Waals surface area (Å²) >= 11 is 0. The van der Waals surface area contributed by atoms with Crippen LogP contribution in [0.5, 0.6) is 0 Å². The van der Waals surface area contributed by atoms with Crippen LogP contribution in [0.25, 0.3) is 0 Å². The van der Waals surface area contributed by atoms with Crippen LogP contribution < -0.4 is 16.0 Å². The van der Waals surface area contributed by atoms with E-state index in [1.54, 1.807) is 0 Å². The predicted octanol–water partition coefficient (Wildman–Crippen LogP) is 3.46. The van der Waals surface area contributed by atoms with E-state index in [1.165, 1.54) is 37.1 Å². The number of anilines is 2. The third-order valence-corrected chi connectivity index (χ3v) is 4.56. The Morgan fingerprint density at radius 3 is 2.35 bits per heavy atom. The Bertz CT molecular complexity index is 384. The van der Waals surface area contributed by atoms with Crippen molar-refractivity contribution in [3.63, 3.8) is 0 Å². The molecule has 1 fully saturated rings. The van der Waals surface area contributed by atoms with Gasteiger partial charge in [0.25, 0.3) is 0 Å². The first-order valence-electron chi connectivity index (χ1n) is 8.10. The zero-order valence-electron chi connectivity index (χ0n) is 12.9. The van der Waals surface area contributed by atoms with Gasteiger partial charge in [0.1, 0.15) is 0 Å². The van der Waals surface area contributed by atoms with Crippen molar-refractivity contribution >= 4 is 11.4 Å². The van der Waals surface area contributed by atoms with Crippen molar-refractivity contribution in [2.45, 2.75) is 45.6 Å². The molecular formula is C17H29N3. The van der Waals surface area contributed by atoms with Gasteiger partial charge in [-0.05, 0) is 63.4 Å². The topological polar surface area (TPSA) is 41.3 Å². The number of nitrogens with zero attached hydrogens (tertiary/aromatic N) is 1. The SMILES string of the molecule is CCN(CC)c1ccc(NC2CCCCC2CN)cc1. The Balaban J connectivity index is 1.99. The van der Waals surface area contributed by atoms with Gasteiger partial charge in [-0.1, -0.05) is 12.8 Å². The summed E-state index contributed by atoms with van der Waals surface area (Å²) in [5, 5.41) is 3.69. The lowest BCUT2D eigenvalue weighted by Gasteiger charge is -2.32. The highest BCUT2D eigenvalue weighted by molar-refractivity contribution is 5.55. The van der Waals surface area contributed by atoms with E-state index >= 15 is 0 Å². The maximum absolute atomic E-state index is 5.90. The van der Waals surface area contributed by atoms with Crippen LogP contribution in [-0.4, -0.2) is 25.7 Å². The van der Waals surface area contributed by atoms with Gasteiger partial charge in [-0.25, -0.2) is 0 Å². The number of hydrogen-bond donors (Lipinski definition) is 2. The molecule has 112 valence electrons. The van der Waals surface area contributed by atoms with Gasteiger partial charge in [0.2, 0.25) is 0 Å². The molecule has 0 saturated heterocycles. The van der Waals surface area contributed by atoms with Crippen LogP contribution in [0, 0.1) is 5.92 Å². The normalized spacial score (nSPS) is 22.6. The van der Waals surface area contributed by atoms with Crippen molar-refractivity contribution in [3.05, 3.63) is 24.3 Å². The van der Waals surface area contributed by atoms with E-state index < -0.39 is 0 Å². The molecule has 0 amide bonds. The van der Waals surface area contributed by atoms with Crippen molar-refractivity contribution < 1.29 is 0 Å². The molecule has 0 aliphatic heterocycles. The quantitative estimate of drug-likeness (QED) is 0.835. The van der Waals surface area contributed by atoms with Crippen LogP contribution in [0.1, 0.15) is 39.5 Å². The molecule has 3 nitrogen and oxygen atoms in total. The van der Waals surface area contributed by atoms with Crippen LogP contribution in [0.3, 0.4) is 0 Å². The van der Waals surface area contributed by atoms with Crippen LogP contribution in [-0.2, 0) is 0 Å². The van der Waals surface area contributed by atoms with Gasteiger partial charge in [-0.15, -0.1) is 0 Å². The lowest BCUT2D eigenvalue weighted by Crippen LogP contribution is -2.36. The summed E-state index contributed by atoms with van der Waals surface area (Å²) in [6, 6.07) is 9.39. The third-order valence-electron chi connectivity index (χ3n) is 4.56. The Kier molecular flexibility index (Phi) is 5.72. The molecule has 0 spiro atoms. The van der Waals surface area contributed by atoms with Gasteiger partial charge in [-0.2, -0.15) is 0 Å². The average molecular weight is 275 g/mol. The molecule has 1 aliphatic carbocycles. The predicted molar refractivity (Wildman–Crippen MR) is 88.4 cm³/mol. The molecule has 3 N–H and O–H groups in total. The summed E-state index contributed by atoms with van der Waals surface area (Å²) in [5.74, 6) is 0.631. The summed E-state index contributed by atoms with van der Waals surface area (Å²) in [6.07, 6.45) is 5.18. The zero-order chi connectivity index (χ0) is 14.4. The van der Waals surface area contributed by atoms with E-state index in [-0.39, 0.29) is 0 Å². The highest BCUT2D eigenvalue weighted by Gasteiger charge is 2.23. The average Bonchev–Trinajstić information content (AvgIpc) is 2.51. The highest BCUT2D eigenvalue weighted by atomic mass is 15.1. The second-order valence-electron chi connectivity index (χ2n) is 5.75. The number of nitrogens with two attached hydrogens (primary N) is 1. The second-order valence-corrected chi connectivity index (χ2v) is 5.75. The first-order valence-corrected chi connectivity index (χ1v) is 8.10. The lowest BCUT2D eigenvalue weighted by atomic mass is 9.84. The zero-order valence-corrected chi connectivity index (χ0v) is 12.9. The van der Waals surface area contributed by atoms with Crippen molar-refractivity contribution in [1.82, 2.24) is 0 Å². The number of nitrogens with one attached hydrogen (secondary N) is 1. The summed E-state index contributed by atoms with van der Waals surface area (Å²) in [7, 11) is 0. The van der Waals surface area contributed by atoms with Crippen molar-refractivity contribution in [3.8, 4) is 0 Å². The first-order chi connectivity index (χ1) is 9.78. The molecule has 0 radical (unpaired) electrons.